The van der Waals surface area contributed by atoms with Gasteiger partial charge in [0.2, 0.25) is 5.91 Å². The number of aryl methyl sites for hydroxylation is 1. The second-order valence-corrected chi connectivity index (χ2v) is 6.11. The van der Waals surface area contributed by atoms with Gasteiger partial charge >= 0.3 is 0 Å². The number of halogens is 1. The SMILES string of the molecule is COc1ccc(CCC(=O)N2CCC[C@H]2c2ccccc2F)cc1. The Morgan fingerprint density at radius 3 is 2.67 bits per heavy atom. The minimum Gasteiger partial charge on any atom is -0.497 e. The maximum absolute atomic E-state index is 14.1. The lowest BCUT2D eigenvalue weighted by atomic mass is 10.0. The number of amides is 1. The fourth-order valence-electron chi connectivity index (χ4n) is 3.32. The first-order chi connectivity index (χ1) is 11.7. The number of benzene rings is 2. The molecule has 24 heavy (non-hydrogen) atoms. The highest BCUT2D eigenvalue weighted by molar-refractivity contribution is 5.77. The quantitative estimate of drug-likeness (QED) is 0.826. The van der Waals surface area contributed by atoms with Gasteiger partial charge in [0, 0.05) is 18.5 Å². The number of likely N-dealkylation sites (tertiary alicyclic amines) is 1. The summed E-state index contributed by atoms with van der Waals surface area (Å²) in [4.78, 5) is 14.5. The average molecular weight is 327 g/mol. The first-order valence-electron chi connectivity index (χ1n) is 8.36. The molecule has 1 heterocycles. The van der Waals surface area contributed by atoms with Crippen molar-refractivity contribution in [1.82, 2.24) is 4.90 Å². The maximum Gasteiger partial charge on any atom is 0.223 e. The number of nitrogens with zero attached hydrogens (tertiary/aromatic N) is 1. The molecular weight excluding hydrogens is 305 g/mol. The molecule has 0 aliphatic carbocycles. The molecule has 0 saturated carbocycles. The van der Waals surface area contributed by atoms with Gasteiger partial charge in [0.15, 0.2) is 0 Å². The molecule has 0 radical (unpaired) electrons. The normalized spacial score (nSPS) is 17.1. The molecule has 126 valence electrons. The van der Waals surface area contributed by atoms with Crippen molar-refractivity contribution in [3.8, 4) is 5.75 Å². The molecule has 2 aromatic rings. The van der Waals surface area contributed by atoms with E-state index < -0.39 is 0 Å². The van der Waals surface area contributed by atoms with Crippen LogP contribution in [0.25, 0.3) is 0 Å². The average Bonchev–Trinajstić information content (AvgIpc) is 3.10. The molecule has 0 N–H and O–H groups in total. The highest BCUT2D eigenvalue weighted by Crippen LogP contribution is 2.33. The van der Waals surface area contributed by atoms with Crippen LogP contribution in [0.15, 0.2) is 48.5 Å². The van der Waals surface area contributed by atoms with Crippen LogP contribution >= 0.6 is 0 Å². The van der Waals surface area contributed by atoms with E-state index in [2.05, 4.69) is 0 Å². The lowest BCUT2D eigenvalue weighted by Crippen LogP contribution is -2.31. The van der Waals surface area contributed by atoms with Gasteiger partial charge in [-0.15, -0.1) is 0 Å². The van der Waals surface area contributed by atoms with Crippen LogP contribution in [0.4, 0.5) is 4.39 Å². The van der Waals surface area contributed by atoms with Crippen LogP contribution < -0.4 is 4.74 Å². The fraction of sp³-hybridized carbons (Fsp3) is 0.350. The van der Waals surface area contributed by atoms with E-state index in [1.54, 1.807) is 19.2 Å². The lowest BCUT2D eigenvalue weighted by molar-refractivity contribution is -0.132. The van der Waals surface area contributed by atoms with Crippen LogP contribution in [0.1, 0.15) is 36.4 Å². The summed E-state index contributed by atoms with van der Waals surface area (Å²) in [7, 11) is 1.63. The van der Waals surface area contributed by atoms with Gasteiger partial charge in [-0.1, -0.05) is 30.3 Å². The summed E-state index contributed by atoms with van der Waals surface area (Å²) in [6.45, 7) is 0.709. The maximum atomic E-state index is 14.1. The Balaban J connectivity index is 1.64. The van der Waals surface area contributed by atoms with Crippen molar-refractivity contribution in [2.75, 3.05) is 13.7 Å². The molecule has 2 aromatic carbocycles. The molecule has 4 heteroatoms. The number of rotatable bonds is 5. The monoisotopic (exact) mass is 327 g/mol. The molecule has 1 fully saturated rings. The van der Waals surface area contributed by atoms with E-state index in [1.165, 1.54) is 6.07 Å². The lowest BCUT2D eigenvalue weighted by Gasteiger charge is -2.25. The molecule has 0 spiro atoms. The van der Waals surface area contributed by atoms with Gasteiger partial charge in [0.05, 0.1) is 13.2 Å². The van der Waals surface area contributed by atoms with E-state index in [9.17, 15) is 9.18 Å². The van der Waals surface area contributed by atoms with Crippen molar-refractivity contribution in [3.63, 3.8) is 0 Å². The van der Waals surface area contributed by atoms with Crippen molar-refractivity contribution < 1.29 is 13.9 Å². The zero-order valence-corrected chi connectivity index (χ0v) is 13.9. The summed E-state index contributed by atoms with van der Waals surface area (Å²) < 4.78 is 19.2. The van der Waals surface area contributed by atoms with Crippen LogP contribution in [-0.2, 0) is 11.2 Å². The van der Waals surface area contributed by atoms with Crippen molar-refractivity contribution in [3.05, 3.63) is 65.5 Å². The molecule has 1 aliphatic rings. The topological polar surface area (TPSA) is 29.5 Å². The van der Waals surface area contributed by atoms with Crippen molar-refractivity contribution in [1.29, 1.82) is 0 Å². The van der Waals surface area contributed by atoms with E-state index >= 15 is 0 Å². The van der Waals surface area contributed by atoms with E-state index in [-0.39, 0.29) is 17.8 Å². The summed E-state index contributed by atoms with van der Waals surface area (Å²) in [6, 6.07) is 14.4. The smallest absolute Gasteiger partial charge is 0.223 e. The highest BCUT2D eigenvalue weighted by Gasteiger charge is 2.31. The molecule has 1 saturated heterocycles. The predicted octanol–water partition coefficient (Wildman–Crippen LogP) is 4.13. The Morgan fingerprint density at radius 1 is 1.21 bits per heavy atom. The van der Waals surface area contributed by atoms with Crippen molar-refractivity contribution in [2.24, 2.45) is 0 Å². The van der Waals surface area contributed by atoms with Crippen molar-refractivity contribution in [2.45, 2.75) is 31.7 Å². The Hall–Kier alpha value is -2.36. The number of methoxy groups -OCH3 is 1. The summed E-state index contributed by atoms with van der Waals surface area (Å²) >= 11 is 0. The van der Waals surface area contributed by atoms with E-state index in [0.717, 1.165) is 24.2 Å². The Kier molecular flexibility index (Phi) is 5.14. The summed E-state index contributed by atoms with van der Waals surface area (Å²) in [5.41, 5.74) is 1.73. The van der Waals surface area contributed by atoms with Gasteiger partial charge in [-0.25, -0.2) is 4.39 Å². The summed E-state index contributed by atoms with van der Waals surface area (Å²) in [5, 5.41) is 0. The number of carbonyl (C=O) groups excluding carboxylic acids is 1. The molecule has 0 bridgehead atoms. The van der Waals surface area contributed by atoms with Gasteiger partial charge < -0.3 is 9.64 Å². The molecule has 0 aromatic heterocycles. The van der Waals surface area contributed by atoms with E-state index in [0.29, 0.717) is 24.9 Å². The first kappa shape index (κ1) is 16.5. The largest absolute Gasteiger partial charge is 0.497 e. The number of carbonyl (C=O) groups is 1. The predicted molar refractivity (Wildman–Crippen MR) is 91.4 cm³/mol. The Morgan fingerprint density at radius 2 is 1.96 bits per heavy atom. The minimum atomic E-state index is -0.225. The standard InChI is InChI=1S/C20H22FNO2/c1-24-16-11-8-15(9-12-16)10-13-20(23)22-14-4-7-19(22)17-5-2-3-6-18(17)21/h2-3,5-6,8-9,11-12,19H,4,7,10,13-14H2,1H3/t19-/m0/s1. The van der Waals surface area contributed by atoms with Gasteiger partial charge in [-0.2, -0.15) is 0 Å². The Bertz CT molecular complexity index is 699. The number of hydrogen-bond donors (Lipinski definition) is 0. The van der Waals surface area contributed by atoms with Crippen molar-refractivity contribution >= 4 is 5.91 Å². The summed E-state index contributed by atoms with van der Waals surface area (Å²) in [6.07, 6.45) is 2.88. The molecule has 1 aliphatic heterocycles. The molecule has 3 nitrogen and oxygen atoms in total. The van der Waals surface area contributed by atoms with Gasteiger partial charge in [-0.3, -0.25) is 4.79 Å². The van der Waals surface area contributed by atoms with Crippen LogP contribution in [0.5, 0.6) is 5.75 Å². The number of ether oxygens (including phenoxy) is 1. The van der Waals surface area contributed by atoms with Gasteiger partial charge in [0.1, 0.15) is 11.6 Å². The van der Waals surface area contributed by atoms with Gasteiger partial charge in [-0.05, 0) is 43.0 Å². The summed E-state index contributed by atoms with van der Waals surface area (Å²) in [5.74, 6) is 0.679. The third-order valence-electron chi connectivity index (χ3n) is 4.62. The second-order valence-electron chi connectivity index (χ2n) is 6.11. The van der Waals surface area contributed by atoms with Crippen LogP contribution in [0.2, 0.25) is 0 Å². The molecule has 1 amide bonds. The van der Waals surface area contributed by atoms with Crippen LogP contribution in [0.3, 0.4) is 0 Å². The number of hydrogen-bond acceptors (Lipinski definition) is 2. The first-order valence-corrected chi connectivity index (χ1v) is 8.36. The molecular formula is C20H22FNO2. The fourth-order valence-corrected chi connectivity index (χ4v) is 3.32. The van der Waals surface area contributed by atoms with Crippen LogP contribution in [0, 0.1) is 5.82 Å². The van der Waals surface area contributed by atoms with E-state index in [4.69, 9.17) is 4.74 Å². The third-order valence-corrected chi connectivity index (χ3v) is 4.62. The molecule has 3 rings (SSSR count). The van der Waals surface area contributed by atoms with Crippen LogP contribution in [-0.4, -0.2) is 24.5 Å². The minimum absolute atomic E-state index is 0.0940. The zero-order valence-electron chi connectivity index (χ0n) is 13.9. The molecule has 0 unspecified atom stereocenters. The van der Waals surface area contributed by atoms with E-state index in [1.807, 2.05) is 35.2 Å². The highest BCUT2D eigenvalue weighted by atomic mass is 19.1. The zero-order chi connectivity index (χ0) is 16.9. The second kappa shape index (κ2) is 7.47. The van der Waals surface area contributed by atoms with Gasteiger partial charge in [0.25, 0.3) is 0 Å². The third kappa shape index (κ3) is 3.58. The molecule has 1 atom stereocenters. The Labute approximate surface area is 142 Å².